The number of hydrogen-bond acceptors (Lipinski definition) is 8. The van der Waals surface area contributed by atoms with Gasteiger partial charge in [-0.1, -0.05) is 11.3 Å². The van der Waals surface area contributed by atoms with E-state index in [1.165, 1.54) is 18.4 Å². The number of likely N-dealkylation sites (tertiary alicyclic amines) is 1. The molecule has 8 nitrogen and oxygen atoms in total. The third-order valence-electron chi connectivity index (χ3n) is 4.83. The lowest BCUT2D eigenvalue weighted by Crippen LogP contribution is -2.46. The number of esters is 1. The largest absolute Gasteiger partial charge is 0.468 e. The highest BCUT2D eigenvalue weighted by Crippen LogP contribution is 2.27. The van der Waals surface area contributed by atoms with Crippen LogP contribution in [-0.2, 0) is 9.53 Å². The number of hydrogen-bond donors (Lipinski definition) is 2. The second-order valence-corrected chi connectivity index (χ2v) is 7.58. The normalized spacial score (nSPS) is 18.9. The molecular formula is C16H27Cl2N5O3S. The molecule has 0 radical (unpaired) electrons. The minimum atomic E-state index is -0.221. The zero-order valence-corrected chi connectivity index (χ0v) is 17.8. The average molecular weight is 440 g/mol. The minimum Gasteiger partial charge on any atom is -0.468 e. The van der Waals surface area contributed by atoms with Gasteiger partial charge in [-0.3, -0.25) is 14.5 Å². The van der Waals surface area contributed by atoms with Crippen molar-refractivity contribution in [1.82, 2.24) is 25.7 Å². The number of methoxy groups -OCH3 is 1. The molecule has 0 aliphatic carbocycles. The van der Waals surface area contributed by atoms with Crippen molar-refractivity contribution in [3.8, 4) is 0 Å². The summed E-state index contributed by atoms with van der Waals surface area (Å²) in [7, 11) is 1.40. The molecule has 0 spiro atoms. The molecule has 0 atom stereocenters. The van der Waals surface area contributed by atoms with Gasteiger partial charge in [-0.2, -0.15) is 0 Å². The highest BCUT2D eigenvalue weighted by Gasteiger charge is 2.25. The molecule has 1 aromatic heterocycles. The maximum absolute atomic E-state index is 12.4. The highest BCUT2D eigenvalue weighted by molar-refractivity contribution is 7.13. The van der Waals surface area contributed by atoms with Crippen LogP contribution < -0.4 is 10.6 Å². The van der Waals surface area contributed by atoms with Gasteiger partial charge in [0, 0.05) is 25.0 Å². The van der Waals surface area contributed by atoms with Gasteiger partial charge in [0.2, 0.25) is 5.01 Å². The van der Waals surface area contributed by atoms with E-state index >= 15 is 0 Å². The highest BCUT2D eigenvalue weighted by atomic mass is 35.5. The first-order valence-corrected chi connectivity index (χ1v) is 9.61. The molecule has 3 rings (SSSR count). The van der Waals surface area contributed by atoms with Crippen molar-refractivity contribution in [2.75, 3.05) is 39.8 Å². The smallest absolute Gasteiger partial charge is 0.319 e. The second-order valence-electron chi connectivity index (χ2n) is 6.57. The number of carbonyl (C=O) groups excluding carboxylic acids is 2. The monoisotopic (exact) mass is 439 g/mol. The molecule has 2 fully saturated rings. The summed E-state index contributed by atoms with van der Waals surface area (Å²) in [5.41, 5.74) is 0. The number of nitrogens with zero attached hydrogens (tertiary/aromatic N) is 3. The van der Waals surface area contributed by atoms with Crippen LogP contribution in [0.3, 0.4) is 0 Å². The van der Waals surface area contributed by atoms with Crippen LogP contribution in [-0.4, -0.2) is 72.8 Å². The summed E-state index contributed by atoms with van der Waals surface area (Å²) in [5, 5.41) is 16.1. The van der Waals surface area contributed by atoms with E-state index in [4.69, 9.17) is 0 Å². The lowest BCUT2D eigenvalue weighted by atomic mass is 9.99. The van der Waals surface area contributed by atoms with E-state index < -0.39 is 0 Å². The van der Waals surface area contributed by atoms with Crippen molar-refractivity contribution in [1.29, 1.82) is 0 Å². The quantitative estimate of drug-likeness (QED) is 0.665. The predicted octanol–water partition coefficient (Wildman–Crippen LogP) is 1.22. The van der Waals surface area contributed by atoms with Gasteiger partial charge in [-0.05, 0) is 38.8 Å². The van der Waals surface area contributed by atoms with Gasteiger partial charge in [0.05, 0.1) is 13.7 Å². The number of amides is 1. The SMILES string of the molecule is COC(=O)CN1CCC(NC(=O)c2nnc(C3CCNCC3)s2)CC1.Cl.Cl. The Kier molecular flexibility index (Phi) is 10.5. The van der Waals surface area contributed by atoms with Crippen molar-refractivity contribution < 1.29 is 14.3 Å². The Labute approximate surface area is 175 Å². The van der Waals surface area contributed by atoms with E-state index in [0.717, 1.165) is 56.9 Å². The summed E-state index contributed by atoms with van der Waals surface area (Å²) >= 11 is 1.41. The Bertz CT molecular complexity index is 605. The van der Waals surface area contributed by atoms with Crippen molar-refractivity contribution >= 4 is 48.0 Å². The predicted molar refractivity (Wildman–Crippen MR) is 108 cm³/mol. The fourth-order valence-corrected chi connectivity index (χ4v) is 4.21. The molecule has 2 aliphatic heterocycles. The first-order valence-electron chi connectivity index (χ1n) is 8.80. The van der Waals surface area contributed by atoms with E-state index in [0.29, 0.717) is 17.5 Å². The van der Waals surface area contributed by atoms with Gasteiger partial charge in [-0.25, -0.2) is 0 Å². The number of nitrogens with one attached hydrogen (secondary N) is 2. The number of aromatic nitrogens is 2. The van der Waals surface area contributed by atoms with E-state index in [-0.39, 0.29) is 42.7 Å². The average Bonchev–Trinajstić information content (AvgIpc) is 3.14. The van der Waals surface area contributed by atoms with Gasteiger partial charge in [0.1, 0.15) is 5.01 Å². The Morgan fingerprint density at radius 2 is 1.85 bits per heavy atom. The molecule has 2 aliphatic rings. The lowest BCUT2D eigenvalue weighted by molar-refractivity contribution is -0.142. The van der Waals surface area contributed by atoms with Crippen molar-refractivity contribution in [2.24, 2.45) is 0 Å². The third-order valence-corrected chi connectivity index (χ3v) is 5.91. The first kappa shape index (κ1) is 24.0. The Hall–Kier alpha value is -1.000. The zero-order chi connectivity index (χ0) is 17.6. The second kappa shape index (κ2) is 11.8. The molecule has 27 heavy (non-hydrogen) atoms. The Morgan fingerprint density at radius 3 is 2.48 bits per heavy atom. The van der Waals surface area contributed by atoms with Crippen LogP contribution in [0.15, 0.2) is 0 Å². The molecule has 1 amide bonds. The Morgan fingerprint density at radius 1 is 1.19 bits per heavy atom. The fraction of sp³-hybridized carbons (Fsp3) is 0.750. The van der Waals surface area contributed by atoms with Crippen LogP contribution in [0, 0.1) is 0 Å². The van der Waals surface area contributed by atoms with Crippen molar-refractivity contribution in [3.05, 3.63) is 10.0 Å². The van der Waals surface area contributed by atoms with Crippen LogP contribution in [0.2, 0.25) is 0 Å². The van der Waals surface area contributed by atoms with Crippen LogP contribution in [0.4, 0.5) is 0 Å². The summed E-state index contributed by atoms with van der Waals surface area (Å²) in [6.07, 6.45) is 3.75. The maximum Gasteiger partial charge on any atom is 0.319 e. The number of ether oxygens (including phenoxy) is 1. The summed E-state index contributed by atoms with van der Waals surface area (Å²) in [4.78, 5) is 25.8. The molecule has 0 aromatic carbocycles. The molecule has 1 aromatic rings. The first-order chi connectivity index (χ1) is 12.2. The van der Waals surface area contributed by atoms with Gasteiger partial charge in [0.15, 0.2) is 0 Å². The van der Waals surface area contributed by atoms with Crippen molar-refractivity contribution in [3.63, 3.8) is 0 Å². The van der Waals surface area contributed by atoms with E-state index in [9.17, 15) is 9.59 Å². The summed E-state index contributed by atoms with van der Waals surface area (Å²) in [5.74, 6) is 0.0627. The third kappa shape index (κ3) is 6.83. The zero-order valence-electron chi connectivity index (χ0n) is 15.3. The van der Waals surface area contributed by atoms with Crippen LogP contribution in [0.25, 0.3) is 0 Å². The molecule has 2 saturated heterocycles. The lowest BCUT2D eigenvalue weighted by Gasteiger charge is -2.31. The van der Waals surface area contributed by atoms with Crippen LogP contribution >= 0.6 is 36.2 Å². The van der Waals surface area contributed by atoms with E-state index in [2.05, 4.69) is 30.5 Å². The van der Waals surface area contributed by atoms with Crippen molar-refractivity contribution in [2.45, 2.75) is 37.6 Å². The number of rotatable bonds is 5. The topological polar surface area (TPSA) is 96.5 Å². The molecular weight excluding hydrogens is 413 g/mol. The fourth-order valence-electron chi connectivity index (χ4n) is 3.29. The standard InChI is InChI=1S/C16H25N5O3S.2ClH/c1-24-13(22)10-21-8-4-12(5-9-21)18-14(23)16-20-19-15(25-16)11-2-6-17-7-3-11;;/h11-12,17H,2-10H2,1H3,(H,18,23);2*1H. The molecule has 0 unspecified atom stereocenters. The Balaban J connectivity index is 0.00000182. The summed E-state index contributed by atoms with van der Waals surface area (Å²) in [6.45, 7) is 3.85. The van der Waals surface area contributed by atoms with Crippen LogP contribution in [0.1, 0.15) is 46.4 Å². The minimum absolute atomic E-state index is 0. The number of halogens is 2. The van der Waals surface area contributed by atoms with Gasteiger partial charge in [-0.15, -0.1) is 35.0 Å². The van der Waals surface area contributed by atoms with E-state index in [1.807, 2.05) is 0 Å². The maximum atomic E-state index is 12.4. The molecule has 154 valence electrons. The molecule has 0 bridgehead atoms. The van der Waals surface area contributed by atoms with E-state index in [1.54, 1.807) is 0 Å². The number of carbonyl (C=O) groups is 2. The molecule has 0 saturated carbocycles. The van der Waals surface area contributed by atoms with Crippen LogP contribution in [0.5, 0.6) is 0 Å². The number of piperidine rings is 2. The summed E-state index contributed by atoms with van der Waals surface area (Å²) < 4.78 is 4.69. The van der Waals surface area contributed by atoms with Gasteiger partial charge >= 0.3 is 5.97 Å². The molecule has 2 N–H and O–H groups in total. The van der Waals surface area contributed by atoms with Gasteiger partial charge in [0.25, 0.3) is 5.91 Å². The summed E-state index contributed by atoms with van der Waals surface area (Å²) in [6, 6.07) is 0.118. The molecule has 3 heterocycles. The van der Waals surface area contributed by atoms with Gasteiger partial charge < -0.3 is 15.4 Å². The molecule has 11 heteroatoms.